The average molecular weight is 252 g/mol. The standard InChI is InChI=1S/C15H28N2O/c1-15(2,3)14(18)16-12-8-10-17(11-9-12)13-6-4-5-7-13/h12-13H,4-11H2,1-3H3,(H,16,18). The lowest BCUT2D eigenvalue weighted by Gasteiger charge is -2.37. The first-order valence-electron chi connectivity index (χ1n) is 7.52. The summed E-state index contributed by atoms with van der Waals surface area (Å²) in [5, 5.41) is 3.20. The molecule has 0 aromatic rings. The van der Waals surface area contributed by atoms with Gasteiger partial charge in [0, 0.05) is 30.6 Å². The molecule has 104 valence electrons. The van der Waals surface area contributed by atoms with Gasteiger partial charge in [0.1, 0.15) is 0 Å². The Labute approximate surface area is 111 Å². The molecule has 0 bridgehead atoms. The number of amides is 1. The first-order chi connectivity index (χ1) is 8.47. The second kappa shape index (κ2) is 5.60. The van der Waals surface area contributed by atoms with Gasteiger partial charge in [-0.15, -0.1) is 0 Å². The van der Waals surface area contributed by atoms with Crippen LogP contribution in [0.3, 0.4) is 0 Å². The molecule has 1 saturated heterocycles. The third kappa shape index (κ3) is 3.47. The maximum absolute atomic E-state index is 11.9. The first kappa shape index (κ1) is 13.9. The van der Waals surface area contributed by atoms with Crippen molar-refractivity contribution in [2.24, 2.45) is 5.41 Å². The van der Waals surface area contributed by atoms with Gasteiger partial charge in [-0.1, -0.05) is 33.6 Å². The number of hydrogen-bond acceptors (Lipinski definition) is 2. The molecule has 0 radical (unpaired) electrons. The number of hydrogen-bond donors (Lipinski definition) is 1. The van der Waals surface area contributed by atoms with Crippen LogP contribution in [0.25, 0.3) is 0 Å². The number of nitrogens with zero attached hydrogens (tertiary/aromatic N) is 1. The van der Waals surface area contributed by atoms with Crippen molar-refractivity contribution in [1.29, 1.82) is 0 Å². The highest BCUT2D eigenvalue weighted by atomic mass is 16.2. The number of nitrogens with one attached hydrogen (secondary N) is 1. The fourth-order valence-corrected chi connectivity index (χ4v) is 3.08. The Morgan fingerprint density at radius 3 is 2.11 bits per heavy atom. The van der Waals surface area contributed by atoms with Gasteiger partial charge in [0.15, 0.2) is 0 Å². The smallest absolute Gasteiger partial charge is 0.225 e. The van der Waals surface area contributed by atoms with Crippen LogP contribution < -0.4 is 5.32 Å². The first-order valence-corrected chi connectivity index (χ1v) is 7.52. The Morgan fingerprint density at radius 2 is 1.61 bits per heavy atom. The second-order valence-corrected chi connectivity index (χ2v) is 6.97. The fourth-order valence-electron chi connectivity index (χ4n) is 3.08. The molecule has 1 amide bonds. The van der Waals surface area contributed by atoms with E-state index in [-0.39, 0.29) is 11.3 Å². The molecule has 0 unspecified atom stereocenters. The molecule has 18 heavy (non-hydrogen) atoms. The molecule has 1 saturated carbocycles. The minimum atomic E-state index is -0.261. The van der Waals surface area contributed by atoms with E-state index in [1.165, 1.54) is 38.8 Å². The maximum atomic E-state index is 11.9. The lowest BCUT2D eigenvalue weighted by molar-refractivity contribution is -0.129. The van der Waals surface area contributed by atoms with Gasteiger partial charge in [-0.25, -0.2) is 0 Å². The lowest BCUT2D eigenvalue weighted by Crippen LogP contribution is -2.49. The molecule has 1 heterocycles. The third-order valence-corrected chi connectivity index (χ3v) is 4.39. The monoisotopic (exact) mass is 252 g/mol. The topological polar surface area (TPSA) is 32.3 Å². The number of carbonyl (C=O) groups excluding carboxylic acids is 1. The zero-order valence-corrected chi connectivity index (χ0v) is 12.2. The van der Waals surface area contributed by atoms with Crippen molar-refractivity contribution in [1.82, 2.24) is 10.2 Å². The molecule has 2 rings (SSSR count). The van der Waals surface area contributed by atoms with Crippen molar-refractivity contribution < 1.29 is 4.79 Å². The highest BCUT2D eigenvalue weighted by Gasteiger charge is 2.29. The highest BCUT2D eigenvalue weighted by Crippen LogP contribution is 2.26. The normalized spacial score (nSPS) is 24.4. The number of carbonyl (C=O) groups is 1. The van der Waals surface area contributed by atoms with Crippen LogP contribution in [-0.2, 0) is 4.79 Å². The van der Waals surface area contributed by atoms with E-state index in [1.54, 1.807) is 0 Å². The van der Waals surface area contributed by atoms with E-state index in [0.717, 1.165) is 18.9 Å². The van der Waals surface area contributed by atoms with E-state index >= 15 is 0 Å². The molecule has 1 N–H and O–H groups in total. The molecule has 3 nitrogen and oxygen atoms in total. The van der Waals surface area contributed by atoms with Gasteiger partial charge >= 0.3 is 0 Å². The molecular formula is C15H28N2O. The Kier molecular flexibility index (Phi) is 4.31. The zero-order valence-electron chi connectivity index (χ0n) is 12.2. The molecular weight excluding hydrogens is 224 g/mol. The van der Waals surface area contributed by atoms with Crippen molar-refractivity contribution in [3.05, 3.63) is 0 Å². The van der Waals surface area contributed by atoms with Gasteiger partial charge in [-0.2, -0.15) is 0 Å². The van der Waals surface area contributed by atoms with E-state index in [0.29, 0.717) is 6.04 Å². The van der Waals surface area contributed by atoms with E-state index in [1.807, 2.05) is 20.8 Å². The van der Waals surface area contributed by atoms with E-state index in [9.17, 15) is 4.79 Å². The number of piperidine rings is 1. The Hall–Kier alpha value is -0.570. The van der Waals surface area contributed by atoms with Gasteiger partial charge in [0.2, 0.25) is 5.91 Å². The second-order valence-electron chi connectivity index (χ2n) is 6.97. The van der Waals surface area contributed by atoms with Gasteiger partial charge in [0.05, 0.1) is 0 Å². The van der Waals surface area contributed by atoms with Crippen molar-refractivity contribution in [3.63, 3.8) is 0 Å². The molecule has 1 aliphatic heterocycles. The van der Waals surface area contributed by atoms with E-state index in [2.05, 4.69) is 10.2 Å². The van der Waals surface area contributed by atoms with Crippen LogP contribution >= 0.6 is 0 Å². The van der Waals surface area contributed by atoms with Crippen molar-refractivity contribution >= 4 is 5.91 Å². The summed E-state index contributed by atoms with van der Waals surface area (Å²) in [6.07, 6.45) is 7.84. The molecule has 0 atom stereocenters. The molecule has 1 aliphatic carbocycles. The summed E-state index contributed by atoms with van der Waals surface area (Å²) in [7, 11) is 0. The quantitative estimate of drug-likeness (QED) is 0.819. The van der Waals surface area contributed by atoms with Crippen LogP contribution in [-0.4, -0.2) is 36.0 Å². The largest absolute Gasteiger partial charge is 0.353 e. The Morgan fingerprint density at radius 1 is 1.06 bits per heavy atom. The highest BCUT2D eigenvalue weighted by molar-refractivity contribution is 5.81. The molecule has 2 fully saturated rings. The minimum absolute atomic E-state index is 0.196. The third-order valence-electron chi connectivity index (χ3n) is 4.39. The van der Waals surface area contributed by atoms with Gasteiger partial charge in [-0.05, 0) is 25.7 Å². The fraction of sp³-hybridized carbons (Fsp3) is 0.933. The summed E-state index contributed by atoms with van der Waals surface area (Å²) < 4.78 is 0. The molecule has 0 aromatic carbocycles. The molecule has 2 aliphatic rings. The summed E-state index contributed by atoms with van der Waals surface area (Å²) in [6.45, 7) is 8.28. The van der Waals surface area contributed by atoms with Crippen LogP contribution in [0.1, 0.15) is 59.3 Å². The summed E-state index contributed by atoms with van der Waals surface area (Å²) >= 11 is 0. The SMILES string of the molecule is CC(C)(C)C(=O)NC1CCN(C2CCCC2)CC1. The van der Waals surface area contributed by atoms with Crippen molar-refractivity contribution in [3.8, 4) is 0 Å². The Bertz CT molecular complexity index is 281. The van der Waals surface area contributed by atoms with Crippen molar-refractivity contribution in [2.45, 2.75) is 71.4 Å². The molecule has 0 spiro atoms. The zero-order chi connectivity index (χ0) is 13.2. The number of rotatable bonds is 2. The molecule has 0 aromatic heterocycles. The summed E-state index contributed by atoms with van der Waals surface area (Å²) in [5.74, 6) is 0.196. The molecule has 3 heteroatoms. The van der Waals surface area contributed by atoms with Crippen LogP contribution in [0.4, 0.5) is 0 Å². The van der Waals surface area contributed by atoms with Crippen LogP contribution in [0.2, 0.25) is 0 Å². The van der Waals surface area contributed by atoms with Crippen LogP contribution in [0.5, 0.6) is 0 Å². The number of likely N-dealkylation sites (tertiary alicyclic amines) is 1. The van der Waals surface area contributed by atoms with E-state index in [4.69, 9.17) is 0 Å². The van der Waals surface area contributed by atoms with Gasteiger partial charge < -0.3 is 10.2 Å². The summed E-state index contributed by atoms with van der Waals surface area (Å²) in [6, 6.07) is 1.23. The van der Waals surface area contributed by atoms with Gasteiger partial charge in [-0.3, -0.25) is 4.79 Å². The lowest BCUT2D eigenvalue weighted by atomic mass is 9.94. The predicted molar refractivity (Wildman–Crippen MR) is 74.4 cm³/mol. The minimum Gasteiger partial charge on any atom is -0.353 e. The summed E-state index contributed by atoms with van der Waals surface area (Å²) in [4.78, 5) is 14.6. The van der Waals surface area contributed by atoms with E-state index < -0.39 is 0 Å². The maximum Gasteiger partial charge on any atom is 0.225 e. The van der Waals surface area contributed by atoms with Crippen LogP contribution in [0, 0.1) is 5.41 Å². The van der Waals surface area contributed by atoms with Crippen molar-refractivity contribution in [2.75, 3.05) is 13.1 Å². The van der Waals surface area contributed by atoms with Gasteiger partial charge in [0.25, 0.3) is 0 Å². The average Bonchev–Trinajstić information content (AvgIpc) is 2.82. The predicted octanol–water partition coefficient (Wildman–Crippen LogP) is 2.56. The van der Waals surface area contributed by atoms with Crippen LogP contribution in [0.15, 0.2) is 0 Å². The Balaban J connectivity index is 1.74. The summed E-state index contributed by atoms with van der Waals surface area (Å²) in [5.41, 5.74) is -0.261.